The summed E-state index contributed by atoms with van der Waals surface area (Å²) in [6, 6.07) is 8.14. The number of fused-ring (bicyclic) bond motifs is 1. The monoisotopic (exact) mass is 301 g/mol. The lowest BCUT2D eigenvalue weighted by molar-refractivity contribution is -0.119. The standard InChI is InChI=1S/C16H15NO3S/c18-16-11-10-15(13-8-4-5-9-14(13)16)17-21(19,20)12-6-2-1-3-7-12/h1-7,10-11,13-14H,8-9H2/b17-15-/t13-,14+/m0/s1. The minimum Gasteiger partial charge on any atom is -0.295 e. The fourth-order valence-corrected chi connectivity index (χ4v) is 3.83. The third kappa shape index (κ3) is 2.74. The summed E-state index contributed by atoms with van der Waals surface area (Å²) in [5.41, 5.74) is 0.479. The average molecular weight is 301 g/mol. The summed E-state index contributed by atoms with van der Waals surface area (Å²) >= 11 is 0. The van der Waals surface area contributed by atoms with Crippen LogP contribution in [-0.2, 0) is 14.8 Å². The molecule has 0 fully saturated rings. The van der Waals surface area contributed by atoms with E-state index in [0.29, 0.717) is 18.6 Å². The summed E-state index contributed by atoms with van der Waals surface area (Å²) < 4.78 is 28.6. The molecule has 2 aliphatic rings. The summed E-state index contributed by atoms with van der Waals surface area (Å²) in [6.07, 6.45) is 8.25. The Morgan fingerprint density at radius 2 is 1.62 bits per heavy atom. The number of rotatable bonds is 2. The molecule has 0 N–H and O–H groups in total. The molecule has 5 heteroatoms. The van der Waals surface area contributed by atoms with Crippen molar-refractivity contribution < 1.29 is 13.2 Å². The van der Waals surface area contributed by atoms with Crippen LogP contribution >= 0.6 is 0 Å². The third-order valence-corrected chi connectivity index (χ3v) is 5.18. The van der Waals surface area contributed by atoms with E-state index in [2.05, 4.69) is 4.40 Å². The molecule has 0 bridgehead atoms. The van der Waals surface area contributed by atoms with E-state index >= 15 is 0 Å². The Kier molecular flexibility index (Phi) is 3.59. The van der Waals surface area contributed by atoms with E-state index in [0.717, 1.165) is 0 Å². The van der Waals surface area contributed by atoms with Crippen LogP contribution in [0.2, 0.25) is 0 Å². The second kappa shape index (κ2) is 5.41. The highest BCUT2D eigenvalue weighted by atomic mass is 32.2. The lowest BCUT2D eigenvalue weighted by Crippen LogP contribution is -2.33. The van der Waals surface area contributed by atoms with Crippen LogP contribution < -0.4 is 0 Å². The van der Waals surface area contributed by atoms with E-state index in [9.17, 15) is 13.2 Å². The minimum atomic E-state index is -3.73. The van der Waals surface area contributed by atoms with E-state index in [1.807, 2.05) is 12.2 Å². The van der Waals surface area contributed by atoms with Gasteiger partial charge in [0.2, 0.25) is 0 Å². The zero-order valence-electron chi connectivity index (χ0n) is 11.3. The highest BCUT2D eigenvalue weighted by molar-refractivity contribution is 7.90. The predicted molar refractivity (Wildman–Crippen MR) is 80.6 cm³/mol. The van der Waals surface area contributed by atoms with Gasteiger partial charge in [-0.25, -0.2) is 0 Å². The van der Waals surface area contributed by atoms with Crippen molar-refractivity contribution in [3.05, 3.63) is 54.6 Å². The van der Waals surface area contributed by atoms with Crippen molar-refractivity contribution in [3.8, 4) is 0 Å². The van der Waals surface area contributed by atoms with Gasteiger partial charge in [0.25, 0.3) is 10.0 Å². The van der Waals surface area contributed by atoms with Gasteiger partial charge in [-0.2, -0.15) is 12.8 Å². The normalized spacial score (nSPS) is 26.9. The third-order valence-electron chi connectivity index (χ3n) is 3.86. The SMILES string of the molecule is O=C1C=C/C(=N/S(=O)(=O)c2ccccc2)[C@H]2CC=CC[C@@H]12. The highest BCUT2D eigenvalue weighted by Gasteiger charge is 2.34. The van der Waals surface area contributed by atoms with Crippen molar-refractivity contribution in [2.45, 2.75) is 17.7 Å². The molecule has 0 aromatic heterocycles. The molecule has 0 saturated carbocycles. The molecule has 4 nitrogen and oxygen atoms in total. The topological polar surface area (TPSA) is 63.6 Å². The smallest absolute Gasteiger partial charge is 0.282 e. The van der Waals surface area contributed by atoms with Gasteiger partial charge < -0.3 is 0 Å². The number of sulfonamides is 1. The van der Waals surface area contributed by atoms with Gasteiger partial charge in [0.1, 0.15) is 0 Å². The quantitative estimate of drug-likeness (QED) is 0.789. The fraction of sp³-hybridized carbons (Fsp3) is 0.250. The van der Waals surface area contributed by atoms with E-state index in [1.54, 1.807) is 24.3 Å². The maximum Gasteiger partial charge on any atom is 0.282 e. The number of benzene rings is 1. The summed E-state index contributed by atoms with van der Waals surface area (Å²) in [6.45, 7) is 0. The first kappa shape index (κ1) is 13.9. The van der Waals surface area contributed by atoms with Crippen LogP contribution in [-0.4, -0.2) is 19.9 Å². The Morgan fingerprint density at radius 1 is 0.952 bits per heavy atom. The van der Waals surface area contributed by atoms with Crippen LogP contribution in [0.3, 0.4) is 0 Å². The number of ketones is 1. The van der Waals surface area contributed by atoms with Gasteiger partial charge in [-0.1, -0.05) is 30.4 Å². The molecule has 0 unspecified atom stereocenters. The zero-order valence-corrected chi connectivity index (χ0v) is 12.2. The second-order valence-corrected chi connectivity index (χ2v) is 6.80. The van der Waals surface area contributed by atoms with Crippen LogP contribution in [0.15, 0.2) is 63.9 Å². The largest absolute Gasteiger partial charge is 0.295 e. The Balaban J connectivity index is 2.01. The molecule has 0 heterocycles. The number of hydrogen-bond acceptors (Lipinski definition) is 3. The van der Waals surface area contributed by atoms with Crippen LogP contribution in [0.25, 0.3) is 0 Å². The van der Waals surface area contributed by atoms with Crippen LogP contribution in [0.5, 0.6) is 0 Å². The summed E-state index contributed by atoms with van der Waals surface area (Å²) in [5.74, 6) is -0.254. The minimum absolute atomic E-state index is 0.0559. The Labute approximate surface area is 124 Å². The van der Waals surface area contributed by atoms with Gasteiger partial charge >= 0.3 is 0 Å². The van der Waals surface area contributed by atoms with Crippen LogP contribution in [0.4, 0.5) is 0 Å². The molecule has 0 saturated heterocycles. The molecule has 0 spiro atoms. The molecule has 3 rings (SSSR count). The summed E-state index contributed by atoms with van der Waals surface area (Å²) in [5, 5.41) is 0. The first-order valence-electron chi connectivity index (χ1n) is 6.85. The number of hydrogen-bond donors (Lipinski definition) is 0. The van der Waals surface area contributed by atoms with Crippen molar-refractivity contribution in [2.75, 3.05) is 0 Å². The van der Waals surface area contributed by atoms with Gasteiger partial charge in [0.05, 0.1) is 10.6 Å². The van der Waals surface area contributed by atoms with Gasteiger partial charge in [0, 0.05) is 11.8 Å². The maximum atomic E-state index is 12.3. The van der Waals surface area contributed by atoms with Gasteiger partial charge in [0.15, 0.2) is 5.78 Å². The Bertz CT molecular complexity index is 745. The zero-order chi connectivity index (χ0) is 14.9. The van der Waals surface area contributed by atoms with Gasteiger partial charge in [-0.05, 0) is 37.1 Å². The Morgan fingerprint density at radius 3 is 2.33 bits per heavy atom. The molecule has 0 aliphatic heterocycles. The molecule has 1 aromatic carbocycles. The van der Waals surface area contributed by atoms with E-state index in [-0.39, 0.29) is 22.5 Å². The molecule has 2 atom stereocenters. The number of allylic oxidation sites excluding steroid dienone is 4. The van der Waals surface area contributed by atoms with Crippen molar-refractivity contribution in [3.63, 3.8) is 0 Å². The predicted octanol–water partition coefficient (Wildman–Crippen LogP) is 2.54. The molecule has 0 radical (unpaired) electrons. The molecule has 108 valence electrons. The average Bonchev–Trinajstić information content (AvgIpc) is 2.51. The number of nitrogens with zero attached hydrogens (tertiary/aromatic N) is 1. The fourth-order valence-electron chi connectivity index (χ4n) is 2.75. The van der Waals surface area contributed by atoms with E-state index < -0.39 is 10.0 Å². The van der Waals surface area contributed by atoms with Crippen molar-refractivity contribution in [1.29, 1.82) is 0 Å². The lowest BCUT2D eigenvalue weighted by atomic mass is 9.74. The molecule has 21 heavy (non-hydrogen) atoms. The van der Waals surface area contributed by atoms with Crippen LogP contribution in [0, 0.1) is 11.8 Å². The van der Waals surface area contributed by atoms with Crippen molar-refractivity contribution in [2.24, 2.45) is 16.2 Å². The molecule has 0 amide bonds. The molecular weight excluding hydrogens is 286 g/mol. The second-order valence-electron chi connectivity index (χ2n) is 5.20. The maximum absolute atomic E-state index is 12.3. The van der Waals surface area contributed by atoms with E-state index in [1.165, 1.54) is 18.2 Å². The molecule has 2 aliphatic carbocycles. The lowest BCUT2D eigenvalue weighted by Gasteiger charge is -2.29. The van der Waals surface area contributed by atoms with Crippen molar-refractivity contribution in [1.82, 2.24) is 0 Å². The number of carbonyl (C=O) groups excluding carboxylic acids is 1. The van der Waals surface area contributed by atoms with Crippen molar-refractivity contribution >= 4 is 21.5 Å². The van der Waals surface area contributed by atoms with Crippen LogP contribution in [0.1, 0.15) is 12.8 Å². The first-order valence-corrected chi connectivity index (χ1v) is 8.29. The first-order chi connectivity index (χ1) is 10.1. The highest BCUT2D eigenvalue weighted by Crippen LogP contribution is 2.32. The molecular formula is C16H15NO3S. The Hall–Kier alpha value is -2.01. The molecule has 1 aromatic rings. The van der Waals surface area contributed by atoms with Gasteiger partial charge in [-0.15, -0.1) is 0 Å². The van der Waals surface area contributed by atoms with E-state index in [4.69, 9.17) is 0 Å². The summed E-state index contributed by atoms with van der Waals surface area (Å²) in [7, 11) is -3.73. The van der Waals surface area contributed by atoms with Gasteiger partial charge in [-0.3, -0.25) is 4.79 Å². The summed E-state index contributed by atoms with van der Waals surface area (Å²) in [4.78, 5) is 12.1. The number of carbonyl (C=O) groups is 1.